The molecule has 7 heteroatoms. The lowest BCUT2D eigenvalue weighted by molar-refractivity contribution is -0.146. The predicted molar refractivity (Wildman–Crippen MR) is 71.1 cm³/mol. The van der Waals surface area contributed by atoms with Crippen molar-refractivity contribution >= 4 is 38.6 Å². The van der Waals surface area contributed by atoms with Crippen LogP contribution in [0, 0.1) is 5.92 Å². The number of nitrogens with two attached hydrogens (primary N) is 1. The standard InChI is InChI=1S/C12H11N3O3S/c13-12-14-8-2-1-6(3-9(8)19-12)10(16)15-4-7(5-15)11(17)18/h1-3,7H,4-5H2,(H2,13,14)(H,17,18). The molecule has 0 spiro atoms. The molecule has 1 aliphatic rings. The molecule has 2 aromatic rings. The van der Waals surface area contributed by atoms with Crippen molar-refractivity contribution in [2.45, 2.75) is 0 Å². The first-order chi connectivity index (χ1) is 9.04. The van der Waals surface area contributed by atoms with E-state index in [1.54, 1.807) is 18.2 Å². The van der Waals surface area contributed by atoms with Crippen molar-refractivity contribution in [1.29, 1.82) is 0 Å². The zero-order chi connectivity index (χ0) is 13.6. The number of nitrogens with zero attached hydrogens (tertiary/aromatic N) is 2. The van der Waals surface area contributed by atoms with Gasteiger partial charge in [-0.05, 0) is 18.2 Å². The van der Waals surface area contributed by atoms with Crippen LogP contribution in [0.15, 0.2) is 18.2 Å². The van der Waals surface area contributed by atoms with Crippen molar-refractivity contribution in [2.75, 3.05) is 18.8 Å². The van der Waals surface area contributed by atoms with E-state index in [9.17, 15) is 9.59 Å². The number of carbonyl (C=O) groups is 2. The molecule has 3 N–H and O–H groups in total. The Labute approximate surface area is 112 Å². The molecule has 0 unspecified atom stereocenters. The molecule has 19 heavy (non-hydrogen) atoms. The Bertz CT molecular complexity index is 676. The van der Waals surface area contributed by atoms with E-state index in [0.717, 1.165) is 10.2 Å². The van der Waals surface area contributed by atoms with Gasteiger partial charge in [-0.25, -0.2) is 4.98 Å². The van der Waals surface area contributed by atoms with Gasteiger partial charge >= 0.3 is 5.97 Å². The third kappa shape index (κ3) is 2.01. The fourth-order valence-electron chi connectivity index (χ4n) is 2.06. The second-order valence-electron chi connectivity index (χ2n) is 4.48. The SMILES string of the molecule is Nc1nc2ccc(C(=O)N3CC(C(=O)O)C3)cc2s1. The summed E-state index contributed by atoms with van der Waals surface area (Å²) < 4.78 is 0.860. The van der Waals surface area contributed by atoms with E-state index in [-0.39, 0.29) is 19.0 Å². The molecule has 0 bridgehead atoms. The molecule has 0 radical (unpaired) electrons. The Hall–Kier alpha value is -2.15. The number of rotatable bonds is 2. The van der Waals surface area contributed by atoms with Gasteiger partial charge in [0.1, 0.15) is 0 Å². The zero-order valence-corrected chi connectivity index (χ0v) is 10.7. The fraction of sp³-hybridized carbons (Fsp3) is 0.250. The first kappa shape index (κ1) is 11.9. The summed E-state index contributed by atoms with van der Waals surface area (Å²) in [7, 11) is 0. The zero-order valence-electron chi connectivity index (χ0n) is 9.87. The van der Waals surface area contributed by atoms with E-state index in [2.05, 4.69) is 4.98 Å². The molecule has 0 atom stereocenters. The number of likely N-dealkylation sites (tertiary alicyclic amines) is 1. The highest BCUT2D eigenvalue weighted by Crippen LogP contribution is 2.26. The summed E-state index contributed by atoms with van der Waals surface area (Å²) in [6.07, 6.45) is 0. The van der Waals surface area contributed by atoms with Gasteiger partial charge in [0.05, 0.1) is 16.1 Å². The molecule has 2 heterocycles. The van der Waals surface area contributed by atoms with E-state index in [1.165, 1.54) is 16.2 Å². The topological polar surface area (TPSA) is 96.5 Å². The number of amides is 1. The molecule has 0 saturated carbocycles. The van der Waals surface area contributed by atoms with Crippen molar-refractivity contribution < 1.29 is 14.7 Å². The third-order valence-corrected chi connectivity index (χ3v) is 4.02. The Morgan fingerprint density at radius 2 is 2.16 bits per heavy atom. The number of carboxylic acid groups (broad SMARTS) is 1. The van der Waals surface area contributed by atoms with Gasteiger partial charge in [0.25, 0.3) is 5.91 Å². The number of carbonyl (C=O) groups excluding carboxylic acids is 1. The first-order valence-electron chi connectivity index (χ1n) is 5.73. The molecule has 1 aromatic heterocycles. The highest BCUT2D eigenvalue weighted by molar-refractivity contribution is 7.22. The summed E-state index contributed by atoms with van der Waals surface area (Å²) >= 11 is 1.33. The molecule has 1 amide bonds. The number of aromatic nitrogens is 1. The number of carboxylic acids is 1. The summed E-state index contributed by atoms with van der Waals surface area (Å²) in [5.41, 5.74) is 6.92. The average Bonchev–Trinajstić information content (AvgIpc) is 2.65. The van der Waals surface area contributed by atoms with Crippen LogP contribution in [-0.4, -0.2) is 40.0 Å². The third-order valence-electron chi connectivity index (χ3n) is 3.17. The largest absolute Gasteiger partial charge is 0.481 e. The van der Waals surface area contributed by atoms with Crippen LogP contribution < -0.4 is 5.73 Å². The van der Waals surface area contributed by atoms with E-state index in [4.69, 9.17) is 10.8 Å². The minimum atomic E-state index is -0.852. The van der Waals surface area contributed by atoms with E-state index in [0.29, 0.717) is 10.7 Å². The number of hydrogen-bond donors (Lipinski definition) is 2. The Kier molecular flexibility index (Phi) is 2.63. The van der Waals surface area contributed by atoms with Crippen molar-refractivity contribution in [3.05, 3.63) is 23.8 Å². The molecule has 6 nitrogen and oxygen atoms in total. The molecule has 1 saturated heterocycles. The lowest BCUT2D eigenvalue weighted by atomic mass is 9.99. The second kappa shape index (κ2) is 4.20. The number of aliphatic carboxylic acids is 1. The summed E-state index contributed by atoms with van der Waals surface area (Å²) in [5, 5.41) is 9.26. The van der Waals surface area contributed by atoms with Crippen molar-refractivity contribution in [3.8, 4) is 0 Å². The minimum absolute atomic E-state index is 0.147. The number of benzene rings is 1. The molecule has 98 valence electrons. The van der Waals surface area contributed by atoms with Gasteiger partial charge in [0, 0.05) is 18.7 Å². The molecular formula is C12H11N3O3S. The number of thiazole rings is 1. The number of nitrogen functional groups attached to an aromatic ring is 1. The molecule has 1 fully saturated rings. The average molecular weight is 277 g/mol. The van der Waals surface area contributed by atoms with Crippen LogP contribution in [0.5, 0.6) is 0 Å². The molecular weight excluding hydrogens is 266 g/mol. The molecule has 0 aliphatic carbocycles. The predicted octanol–water partition coefficient (Wildman–Crippen LogP) is 1.04. The maximum atomic E-state index is 12.1. The molecule has 1 aliphatic heterocycles. The quantitative estimate of drug-likeness (QED) is 0.854. The van der Waals surface area contributed by atoms with Gasteiger partial charge in [-0.2, -0.15) is 0 Å². The van der Waals surface area contributed by atoms with Gasteiger partial charge in [0.2, 0.25) is 0 Å². The first-order valence-corrected chi connectivity index (χ1v) is 6.54. The lowest BCUT2D eigenvalue weighted by Crippen LogP contribution is -2.53. The van der Waals surface area contributed by atoms with Gasteiger partial charge < -0.3 is 15.7 Å². The Balaban J connectivity index is 1.80. The summed E-state index contributed by atoms with van der Waals surface area (Å²) in [5.74, 6) is -1.44. The highest BCUT2D eigenvalue weighted by Gasteiger charge is 2.35. The van der Waals surface area contributed by atoms with E-state index < -0.39 is 11.9 Å². The normalized spacial score (nSPS) is 15.5. The lowest BCUT2D eigenvalue weighted by Gasteiger charge is -2.36. The Morgan fingerprint density at radius 3 is 2.84 bits per heavy atom. The number of fused-ring (bicyclic) bond motifs is 1. The van der Waals surface area contributed by atoms with Crippen LogP contribution in [0.3, 0.4) is 0 Å². The van der Waals surface area contributed by atoms with Gasteiger partial charge in [-0.1, -0.05) is 11.3 Å². The van der Waals surface area contributed by atoms with Crippen molar-refractivity contribution in [3.63, 3.8) is 0 Å². The van der Waals surface area contributed by atoms with Crippen LogP contribution in [0.4, 0.5) is 5.13 Å². The van der Waals surface area contributed by atoms with Crippen LogP contribution in [0.25, 0.3) is 10.2 Å². The second-order valence-corrected chi connectivity index (χ2v) is 5.54. The van der Waals surface area contributed by atoms with E-state index >= 15 is 0 Å². The summed E-state index contributed by atoms with van der Waals surface area (Å²) in [6, 6.07) is 5.20. The van der Waals surface area contributed by atoms with Gasteiger partial charge in [-0.3, -0.25) is 9.59 Å². The summed E-state index contributed by atoms with van der Waals surface area (Å²) in [4.78, 5) is 28.5. The molecule has 3 rings (SSSR count). The van der Waals surface area contributed by atoms with Gasteiger partial charge in [0.15, 0.2) is 5.13 Å². The van der Waals surface area contributed by atoms with Crippen LogP contribution >= 0.6 is 11.3 Å². The molecule has 1 aromatic carbocycles. The number of hydrogen-bond acceptors (Lipinski definition) is 5. The minimum Gasteiger partial charge on any atom is -0.481 e. The fourth-order valence-corrected chi connectivity index (χ4v) is 2.83. The smallest absolute Gasteiger partial charge is 0.310 e. The highest BCUT2D eigenvalue weighted by atomic mass is 32.1. The van der Waals surface area contributed by atoms with E-state index in [1.807, 2.05) is 0 Å². The van der Waals surface area contributed by atoms with Crippen LogP contribution in [0.2, 0.25) is 0 Å². The number of anilines is 1. The van der Waals surface area contributed by atoms with Crippen LogP contribution in [-0.2, 0) is 4.79 Å². The monoisotopic (exact) mass is 277 g/mol. The van der Waals surface area contributed by atoms with Crippen molar-refractivity contribution in [1.82, 2.24) is 9.88 Å². The van der Waals surface area contributed by atoms with Gasteiger partial charge in [-0.15, -0.1) is 0 Å². The Morgan fingerprint density at radius 1 is 1.42 bits per heavy atom. The van der Waals surface area contributed by atoms with Crippen molar-refractivity contribution in [2.24, 2.45) is 5.92 Å². The maximum Gasteiger partial charge on any atom is 0.310 e. The summed E-state index contributed by atoms with van der Waals surface area (Å²) in [6.45, 7) is 0.550. The maximum absolute atomic E-state index is 12.1. The van der Waals surface area contributed by atoms with Crippen LogP contribution in [0.1, 0.15) is 10.4 Å².